The first-order valence-electron chi connectivity index (χ1n) is 6.90. The number of sulfonamides is 1. The monoisotopic (exact) mass is 376 g/mol. The van der Waals surface area contributed by atoms with Gasteiger partial charge in [0.1, 0.15) is 0 Å². The summed E-state index contributed by atoms with van der Waals surface area (Å²) in [4.78, 5) is 0.226. The lowest BCUT2D eigenvalue weighted by atomic mass is 10.0. The molecule has 1 aliphatic rings. The molecule has 7 heteroatoms. The molecule has 118 valence electrons. The second kappa shape index (κ2) is 6.34. The van der Waals surface area contributed by atoms with Gasteiger partial charge in [-0.25, -0.2) is 13.1 Å². The smallest absolute Gasteiger partial charge is 0.241 e. The van der Waals surface area contributed by atoms with E-state index in [1.165, 1.54) is 0 Å². The molecule has 0 aliphatic carbocycles. The largest absolute Gasteiger partial charge is 0.374 e. The molecule has 1 saturated heterocycles. The Morgan fingerprint density at radius 1 is 1.48 bits per heavy atom. The minimum atomic E-state index is -3.60. The normalized spacial score (nSPS) is 22.7. The molecule has 0 radical (unpaired) electrons. The number of halogens is 1. The lowest BCUT2D eigenvalue weighted by molar-refractivity contribution is 0.0250. The summed E-state index contributed by atoms with van der Waals surface area (Å²) in [6.07, 6.45) is 1.82. The van der Waals surface area contributed by atoms with Crippen molar-refractivity contribution in [3.8, 4) is 0 Å². The van der Waals surface area contributed by atoms with Crippen LogP contribution in [-0.4, -0.2) is 27.2 Å². The molecule has 0 saturated carbocycles. The van der Waals surface area contributed by atoms with Gasteiger partial charge in [-0.05, 0) is 59.8 Å². The molecule has 1 aliphatic heterocycles. The maximum absolute atomic E-state index is 12.5. The molecule has 5 nitrogen and oxygen atoms in total. The topological polar surface area (TPSA) is 81.4 Å². The molecular formula is C14H21BrN2O3S. The van der Waals surface area contributed by atoms with Crippen molar-refractivity contribution in [3.05, 3.63) is 27.7 Å². The Bertz CT molecular complexity index is 625. The number of hydrogen-bond acceptors (Lipinski definition) is 4. The van der Waals surface area contributed by atoms with E-state index in [1.54, 1.807) is 6.07 Å². The highest BCUT2D eigenvalue weighted by Gasteiger charge is 2.32. The van der Waals surface area contributed by atoms with E-state index in [1.807, 2.05) is 19.9 Å². The molecule has 1 unspecified atom stereocenters. The zero-order valence-electron chi connectivity index (χ0n) is 12.3. The minimum absolute atomic E-state index is 0.226. The predicted molar refractivity (Wildman–Crippen MR) is 85.5 cm³/mol. The van der Waals surface area contributed by atoms with Crippen LogP contribution in [0.25, 0.3) is 0 Å². The van der Waals surface area contributed by atoms with E-state index in [2.05, 4.69) is 20.7 Å². The third-order valence-corrected chi connectivity index (χ3v) is 6.48. The fourth-order valence-corrected chi connectivity index (χ4v) is 4.65. The number of rotatable bonds is 5. The molecule has 0 spiro atoms. The van der Waals surface area contributed by atoms with Gasteiger partial charge in [-0.2, -0.15) is 0 Å². The molecule has 0 amide bonds. The second-order valence-electron chi connectivity index (χ2n) is 5.66. The maximum atomic E-state index is 12.5. The molecule has 1 heterocycles. The summed E-state index contributed by atoms with van der Waals surface area (Å²) < 4.78 is 33.9. The Morgan fingerprint density at radius 2 is 2.19 bits per heavy atom. The summed E-state index contributed by atoms with van der Waals surface area (Å²) in [5.41, 5.74) is 6.85. The van der Waals surface area contributed by atoms with Gasteiger partial charge in [0.2, 0.25) is 10.0 Å². The average Bonchev–Trinajstić information content (AvgIpc) is 2.87. The van der Waals surface area contributed by atoms with E-state index < -0.39 is 15.6 Å². The highest BCUT2D eigenvalue weighted by atomic mass is 79.9. The first-order valence-corrected chi connectivity index (χ1v) is 9.18. The Labute approximate surface area is 134 Å². The van der Waals surface area contributed by atoms with Gasteiger partial charge in [0.25, 0.3) is 0 Å². The van der Waals surface area contributed by atoms with Gasteiger partial charge in [-0.3, -0.25) is 0 Å². The van der Waals surface area contributed by atoms with Gasteiger partial charge in [0, 0.05) is 24.2 Å². The fraction of sp³-hybridized carbons (Fsp3) is 0.571. The average molecular weight is 377 g/mol. The molecule has 1 atom stereocenters. The lowest BCUT2D eigenvalue weighted by Crippen LogP contribution is -2.40. The number of nitrogens with two attached hydrogens (primary N) is 1. The van der Waals surface area contributed by atoms with Crippen LogP contribution in [0.1, 0.15) is 30.9 Å². The Kier molecular flexibility index (Phi) is 5.10. The van der Waals surface area contributed by atoms with E-state index >= 15 is 0 Å². The Morgan fingerprint density at radius 3 is 2.76 bits per heavy atom. The summed E-state index contributed by atoms with van der Waals surface area (Å²) in [7, 11) is -3.60. The van der Waals surface area contributed by atoms with E-state index in [9.17, 15) is 8.42 Å². The van der Waals surface area contributed by atoms with Gasteiger partial charge in [0.15, 0.2) is 0 Å². The van der Waals surface area contributed by atoms with Gasteiger partial charge >= 0.3 is 0 Å². The number of ether oxygens (including phenoxy) is 1. The maximum Gasteiger partial charge on any atom is 0.241 e. The van der Waals surface area contributed by atoms with Crippen LogP contribution in [0.2, 0.25) is 0 Å². The van der Waals surface area contributed by atoms with Gasteiger partial charge < -0.3 is 10.5 Å². The van der Waals surface area contributed by atoms with Crippen LogP contribution in [0, 0.1) is 6.92 Å². The van der Waals surface area contributed by atoms with E-state index in [4.69, 9.17) is 10.5 Å². The van der Waals surface area contributed by atoms with Crippen molar-refractivity contribution in [1.29, 1.82) is 0 Å². The first-order chi connectivity index (χ1) is 9.77. The fourth-order valence-electron chi connectivity index (χ4n) is 2.42. The quantitative estimate of drug-likeness (QED) is 0.823. The third-order valence-electron chi connectivity index (χ3n) is 3.74. The molecule has 1 aromatic rings. The summed E-state index contributed by atoms with van der Waals surface area (Å²) in [5, 5.41) is 0. The van der Waals surface area contributed by atoms with Crippen LogP contribution in [0.4, 0.5) is 0 Å². The molecule has 0 bridgehead atoms. The van der Waals surface area contributed by atoms with Crippen molar-refractivity contribution >= 4 is 26.0 Å². The van der Waals surface area contributed by atoms with Gasteiger partial charge in [-0.15, -0.1) is 0 Å². The summed E-state index contributed by atoms with van der Waals surface area (Å²) in [6.45, 7) is 5.04. The van der Waals surface area contributed by atoms with Gasteiger partial charge in [0.05, 0.1) is 10.5 Å². The summed E-state index contributed by atoms with van der Waals surface area (Å²) in [6, 6.07) is 3.49. The molecule has 1 fully saturated rings. The van der Waals surface area contributed by atoms with Crippen LogP contribution in [0.3, 0.4) is 0 Å². The van der Waals surface area contributed by atoms with Crippen molar-refractivity contribution < 1.29 is 13.2 Å². The third kappa shape index (κ3) is 3.84. The van der Waals surface area contributed by atoms with Crippen molar-refractivity contribution in [1.82, 2.24) is 4.72 Å². The lowest BCUT2D eigenvalue weighted by Gasteiger charge is -2.23. The van der Waals surface area contributed by atoms with Crippen molar-refractivity contribution in [2.24, 2.45) is 5.73 Å². The summed E-state index contributed by atoms with van der Waals surface area (Å²) >= 11 is 3.36. The Balaban J connectivity index is 2.25. The minimum Gasteiger partial charge on any atom is -0.374 e. The van der Waals surface area contributed by atoms with E-state index in [-0.39, 0.29) is 11.4 Å². The van der Waals surface area contributed by atoms with Crippen LogP contribution in [-0.2, 0) is 21.3 Å². The number of benzene rings is 1. The standard InChI is InChI=1S/C14H21BrN2O3S/c1-10-6-11(8-16)7-12(13(10)15)21(18,19)17-9-14(2)4-3-5-20-14/h6-7,17H,3-5,8-9,16H2,1-2H3. The molecule has 2 rings (SSSR count). The molecule has 21 heavy (non-hydrogen) atoms. The molecule has 1 aromatic carbocycles. The SMILES string of the molecule is Cc1cc(CN)cc(S(=O)(=O)NCC2(C)CCCO2)c1Br. The zero-order valence-corrected chi connectivity index (χ0v) is 14.7. The predicted octanol–water partition coefficient (Wildman–Crippen LogP) is 2.06. The second-order valence-corrected chi connectivity index (χ2v) is 8.18. The number of nitrogens with one attached hydrogen (secondary N) is 1. The van der Waals surface area contributed by atoms with Crippen LogP contribution in [0.5, 0.6) is 0 Å². The van der Waals surface area contributed by atoms with E-state index in [0.717, 1.165) is 24.0 Å². The van der Waals surface area contributed by atoms with E-state index in [0.29, 0.717) is 17.6 Å². The van der Waals surface area contributed by atoms with Gasteiger partial charge in [-0.1, -0.05) is 6.07 Å². The first kappa shape index (κ1) is 16.9. The molecular weight excluding hydrogens is 356 g/mol. The van der Waals surface area contributed by atoms with Crippen molar-refractivity contribution in [2.75, 3.05) is 13.2 Å². The van der Waals surface area contributed by atoms with Crippen LogP contribution >= 0.6 is 15.9 Å². The highest BCUT2D eigenvalue weighted by molar-refractivity contribution is 9.10. The highest BCUT2D eigenvalue weighted by Crippen LogP contribution is 2.29. The molecule has 0 aromatic heterocycles. The van der Waals surface area contributed by atoms with Crippen molar-refractivity contribution in [3.63, 3.8) is 0 Å². The zero-order chi connectivity index (χ0) is 15.7. The van der Waals surface area contributed by atoms with Crippen LogP contribution < -0.4 is 10.5 Å². The van der Waals surface area contributed by atoms with Crippen LogP contribution in [0.15, 0.2) is 21.5 Å². The number of hydrogen-bond donors (Lipinski definition) is 2. The number of aryl methyl sites for hydroxylation is 1. The molecule has 3 N–H and O–H groups in total. The van der Waals surface area contributed by atoms with Crippen molar-refractivity contribution in [2.45, 2.75) is 43.7 Å². The Hall–Kier alpha value is -0.470. The summed E-state index contributed by atoms with van der Waals surface area (Å²) in [5.74, 6) is 0.